The molecule has 3 rings (SSSR count). The summed E-state index contributed by atoms with van der Waals surface area (Å²) >= 11 is 0. The monoisotopic (exact) mass is 431 g/mol. The molecule has 2 N–H and O–H groups in total. The van der Waals surface area contributed by atoms with Crippen molar-refractivity contribution >= 4 is 27.5 Å². The first-order valence-corrected chi connectivity index (χ1v) is 11.4. The van der Waals surface area contributed by atoms with Crippen molar-refractivity contribution in [2.75, 3.05) is 11.1 Å². The lowest BCUT2D eigenvalue weighted by Gasteiger charge is -2.24. The Balaban J connectivity index is 1.70. The molecule has 1 atom stereocenters. The number of nitrogens with one attached hydrogen (secondary N) is 1. The van der Waals surface area contributed by atoms with Crippen molar-refractivity contribution in [2.45, 2.75) is 44.7 Å². The van der Waals surface area contributed by atoms with Crippen molar-refractivity contribution in [3.8, 4) is 0 Å². The number of hydrogen-bond donors (Lipinski definition) is 2. The van der Waals surface area contributed by atoms with Crippen LogP contribution in [0.15, 0.2) is 41.4 Å². The Labute approximate surface area is 175 Å². The topological polar surface area (TPSA) is 117 Å². The third kappa shape index (κ3) is 4.46. The quantitative estimate of drug-likeness (QED) is 0.725. The zero-order valence-electron chi connectivity index (χ0n) is 17.1. The molecular formula is C21H25N3O5S. The number of carboxylic acid groups (broad SMARTS) is 1. The van der Waals surface area contributed by atoms with Crippen molar-refractivity contribution < 1.29 is 23.1 Å². The van der Waals surface area contributed by atoms with Gasteiger partial charge in [0.05, 0.1) is 47.2 Å². The van der Waals surface area contributed by atoms with E-state index in [9.17, 15) is 23.1 Å². The second kappa shape index (κ2) is 8.43. The molecule has 0 bridgehead atoms. The number of carbonyl (C=O) groups is 2. The van der Waals surface area contributed by atoms with Crippen LogP contribution in [-0.2, 0) is 27.6 Å². The Morgan fingerprint density at radius 2 is 1.93 bits per heavy atom. The predicted octanol–water partition coefficient (Wildman–Crippen LogP) is 3.25. The van der Waals surface area contributed by atoms with E-state index in [0.717, 1.165) is 11.3 Å². The molecule has 1 aromatic carbocycles. The molecule has 0 spiro atoms. The van der Waals surface area contributed by atoms with E-state index in [1.54, 1.807) is 25.1 Å². The zero-order chi connectivity index (χ0) is 22.1. The molecule has 160 valence electrons. The van der Waals surface area contributed by atoms with E-state index >= 15 is 0 Å². The molecule has 2 heterocycles. The van der Waals surface area contributed by atoms with Crippen LogP contribution < -0.4 is 5.32 Å². The number of nitrogens with zero attached hydrogens (tertiary/aromatic N) is 2. The first-order valence-electron chi connectivity index (χ1n) is 9.72. The number of fused-ring (bicyclic) bond motifs is 1. The SMILES string of the molecule is CCS(=O)(=O)c1ccc(CC(=O)Nc2cnc3c(c2)CN(C(=O)O)C3C(C)C)cc1. The highest BCUT2D eigenvalue weighted by molar-refractivity contribution is 7.91. The van der Waals surface area contributed by atoms with Crippen molar-refractivity contribution in [3.63, 3.8) is 0 Å². The highest BCUT2D eigenvalue weighted by Crippen LogP contribution is 2.38. The summed E-state index contributed by atoms with van der Waals surface area (Å²) in [7, 11) is -3.27. The maximum absolute atomic E-state index is 12.4. The van der Waals surface area contributed by atoms with Gasteiger partial charge in [0.25, 0.3) is 0 Å². The van der Waals surface area contributed by atoms with Crippen molar-refractivity contribution in [1.29, 1.82) is 0 Å². The van der Waals surface area contributed by atoms with Gasteiger partial charge < -0.3 is 10.4 Å². The van der Waals surface area contributed by atoms with Crippen LogP contribution in [0.5, 0.6) is 0 Å². The molecule has 0 fully saturated rings. The van der Waals surface area contributed by atoms with Crippen molar-refractivity contribution in [2.24, 2.45) is 5.92 Å². The standard InChI is InChI=1S/C21H25N3O5S/c1-4-30(28,29)17-7-5-14(6-8-17)9-18(25)23-16-10-15-12-24(21(26)27)20(13(2)3)19(15)22-11-16/h5-8,10-11,13,20H,4,9,12H2,1-3H3,(H,23,25)(H,26,27). The molecule has 9 heteroatoms. The lowest BCUT2D eigenvalue weighted by Crippen LogP contribution is -2.30. The number of benzene rings is 1. The Kier molecular flexibility index (Phi) is 6.12. The number of aromatic nitrogens is 1. The Bertz CT molecular complexity index is 1060. The summed E-state index contributed by atoms with van der Waals surface area (Å²) in [5.74, 6) is -0.166. The second-order valence-corrected chi connectivity index (χ2v) is 9.92. The fourth-order valence-electron chi connectivity index (χ4n) is 3.65. The highest BCUT2D eigenvalue weighted by atomic mass is 32.2. The van der Waals surface area contributed by atoms with Crippen LogP contribution in [0.2, 0.25) is 0 Å². The largest absolute Gasteiger partial charge is 0.465 e. The van der Waals surface area contributed by atoms with Gasteiger partial charge in [0, 0.05) is 0 Å². The van der Waals surface area contributed by atoms with E-state index in [0.29, 0.717) is 11.3 Å². The zero-order valence-corrected chi connectivity index (χ0v) is 17.9. The molecule has 0 radical (unpaired) electrons. The minimum atomic E-state index is -3.27. The average Bonchev–Trinajstić information content (AvgIpc) is 3.07. The molecule has 2 aromatic rings. The van der Waals surface area contributed by atoms with Gasteiger partial charge in [0.15, 0.2) is 9.84 Å². The van der Waals surface area contributed by atoms with Gasteiger partial charge in [-0.25, -0.2) is 13.2 Å². The Morgan fingerprint density at radius 1 is 1.27 bits per heavy atom. The lowest BCUT2D eigenvalue weighted by atomic mass is 10.0. The van der Waals surface area contributed by atoms with Crippen molar-refractivity contribution in [3.05, 3.63) is 53.3 Å². The van der Waals surface area contributed by atoms with Gasteiger partial charge in [-0.05, 0) is 35.2 Å². The summed E-state index contributed by atoms with van der Waals surface area (Å²) in [6.45, 7) is 5.71. The molecule has 1 aromatic heterocycles. The molecule has 1 aliphatic heterocycles. The number of sulfone groups is 1. The predicted molar refractivity (Wildman–Crippen MR) is 112 cm³/mol. The van der Waals surface area contributed by atoms with E-state index in [2.05, 4.69) is 10.3 Å². The van der Waals surface area contributed by atoms with Crippen LogP contribution in [-0.4, -0.2) is 41.2 Å². The van der Waals surface area contributed by atoms with Crippen LogP contribution in [0.1, 0.15) is 43.6 Å². The van der Waals surface area contributed by atoms with Crippen LogP contribution in [0.3, 0.4) is 0 Å². The summed E-state index contributed by atoms with van der Waals surface area (Å²) in [5, 5.41) is 12.2. The number of rotatable bonds is 6. The van der Waals surface area contributed by atoms with Gasteiger partial charge in [0.1, 0.15) is 0 Å². The molecule has 2 amide bonds. The second-order valence-electron chi connectivity index (χ2n) is 7.64. The maximum atomic E-state index is 12.4. The Morgan fingerprint density at radius 3 is 2.50 bits per heavy atom. The van der Waals surface area contributed by atoms with Gasteiger partial charge in [0.2, 0.25) is 5.91 Å². The maximum Gasteiger partial charge on any atom is 0.408 e. The number of pyridine rings is 1. The minimum Gasteiger partial charge on any atom is -0.465 e. The summed E-state index contributed by atoms with van der Waals surface area (Å²) in [5.41, 5.74) is 2.69. The van der Waals surface area contributed by atoms with Gasteiger partial charge in [-0.3, -0.25) is 14.7 Å². The smallest absolute Gasteiger partial charge is 0.408 e. The summed E-state index contributed by atoms with van der Waals surface area (Å²) in [4.78, 5) is 30.0. The van der Waals surface area contributed by atoms with Crippen LogP contribution >= 0.6 is 0 Å². The lowest BCUT2D eigenvalue weighted by molar-refractivity contribution is -0.115. The van der Waals surface area contributed by atoms with E-state index in [1.807, 2.05) is 13.8 Å². The molecule has 0 saturated heterocycles. The fourth-order valence-corrected chi connectivity index (χ4v) is 4.53. The molecule has 30 heavy (non-hydrogen) atoms. The van der Waals surface area contributed by atoms with Gasteiger partial charge in [-0.2, -0.15) is 0 Å². The normalized spacial score (nSPS) is 15.9. The molecule has 0 aliphatic carbocycles. The molecule has 8 nitrogen and oxygen atoms in total. The number of carbonyl (C=O) groups excluding carboxylic acids is 1. The van der Waals surface area contributed by atoms with Gasteiger partial charge in [-0.15, -0.1) is 0 Å². The molecule has 1 unspecified atom stereocenters. The third-order valence-electron chi connectivity index (χ3n) is 5.15. The number of anilines is 1. The van der Waals surface area contributed by atoms with Crippen LogP contribution in [0.25, 0.3) is 0 Å². The van der Waals surface area contributed by atoms with Gasteiger partial charge in [-0.1, -0.05) is 32.9 Å². The molecule has 1 aliphatic rings. The minimum absolute atomic E-state index is 0.0230. The summed E-state index contributed by atoms with van der Waals surface area (Å²) in [6.07, 6.45) is 0.624. The van der Waals surface area contributed by atoms with Crippen LogP contribution in [0.4, 0.5) is 10.5 Å². The molecular weight excluding hydrogens is 406 g/mol. The molecule has 0 saturated carbocycles. The Hall–Kier alpha value is -2.94. The number of hydrogen-bond acceptors (Lipinski definition) is 5. The van der Waals surface area contributed by atoms with E-state index < -0.39 is 15.9 Å². The summed E-state index contributed by atoms with van der Waals surface area (Å²) < 4.78 is 23.7. The summed E-state index contributed by atoms with van der Waals surface area (Å²) in [6, 6.07) is 7.72. The third-order valence-corrected chi connectivity index (χ3v) is 6.90. The van der Waals surface area contributed by atoms with Crippen molar-refractivity contribution in [1.82, 2.24) is 9.88 Å². The first kappa shape index (κ1) is 21.8. The number of amides is 2. The van der Waals surface area contributed by atoms with Gasteiger partial charge >= 0.3 is 6.09 Å². The van der Waals surface area contributed by atoms with Crippen LogP contribution in [0, 0.1) is 5.92 Å². The fraction of sp³-hybridized carbons (Fsp3) is 0.381. The van der Waals surface area contributed by atoms with E-state index in [-0.39, 0.29) is 41.5 Å². The highest BCUT2D eigenvalue weighted by Gasteiger charge is 2.37. The van der Waals surface area contributed by atoms with E-state index in [1.165, 1.54) is 23.2 Å². The first-order chi connectivity index (χ1) is 14.1. The van der Waals surface area contributed by atoms with E-state index in [4.69, 9.17) is 0 Å². The average molecular weight is 432 g/mol.